The zero-order valence-electron chi connectivity index (χ0n) is 12.5. The van der Waals surface area contributed by atoms with Crippen LogP contribution in [0.1, 0.15) is 28.1 Å². The maximum absolute atomic E-state index is 9.31. The van der Waals surface area contributed by atoms with Crippen LogP contribution in [0.5, 0.6) is 5.75 Å². The average Bonchev–Trinajstić information content (AvgIpc) is 2.90. The van der Waals surface area contributed by atoms with Crippen molar-refractivity contribution in [2.24, 2.45) is 0 Å². The van der Waals surface area contributed by atoms with Gasteiger partial charge >= 0.3 is 0 Å². The summed E-state index contributed by atoms with van der Waals surface area (Å²) in [6.07, 6.45) is 1.69. The number of methoxy groups -OCH3 is 1. The highest BCUT2D eigenvalue weighted by molar-refractivity contribution is 7.11. The second kappa shape index (κ2) is 8.12. The van der Waals surface area contributed by atoms with Gasteiger partial charge in [0.15, 0.2) is 0 Å². The number of aromatic nitrogens is 1. The van der Waals surface area contributed by atoms with Crippen molar-refractivity contribution in [1.29, 1.82) is 0 Å². The van der Waals surface area contributed by atoms with Crippen molar-refractivity contribution in [1.82, 2.24) is 4.98 Å². The molecule has 1 aromatic heterocycles. The Morgan fingerprint density at radius 2 is 2.10 bits per heavy atom. The number of rotatable bonds is 8. The van der Waals surface area contributed by atoms with Gasteiger partial charge in [-0.15, -0.1) is 11.3 Å². The molecular weight excluding hydrogens is 286 g/mol. The summed E-state index contributed by atoms with van der Waals surface area (Å²) < 4.78 is 10.9. The normalized spacial score (nSPS) is 10.8. The molecule has 0 aliphatic rings. The number of para-hydroxylation sites is 1. The molecule has 4 nitrogen and oxygen atoms in total. The molecule has 0 atom stereocenters. The summed E-state index contributed by atoms with van der Waals surface area (Å²) in [5.41, 5.74) is 2.04. The lowest BCUT2D eigenvalue weighted by Gasteiger charge is -2.09. The molecule has 0 bridgehead atoms. The number of benzene rings is 1. The zero-order chi connectivity index (χ0) is 15.1. The van der Waals surface area contributed by atoms with E-state index < -0.39 is 0 Å². The standard InChI is InChI=1S/C16H21NO3S/c1-3-12-6-4-5-7-14(12)20-9-8-16-17-13(11-19-2)15(10-18)21-16/h4-7,18H,3,8-11H2,1-2H3. The molecular formula is C16H21NO3S. The van der Waals surface area contributed by atoms with Gasteiger partial charge in [0.2, 0.25) is 0 Å². The molecule has 0 spiro atoms. The van der Waals surface area contributed by atoms with Crippen LogP contribution in [0.2, 0.25) is 0 Å². The quantitative estimate of drug-likeness (QED) is 0.814. The predicted octanol–water partition coefficient (Wildman–Crippen LogP) is 2.97. The first kappa shape index (κ1) is 15.9. The second-order valence-corrected chi connectivity index (χ2v) is 5.80. The van der Waals surface area contributed by atoms with E-state index in [0.29, 0.717) is 13.2 Å². The molecule has 2 rings (SSSR count). The van der Waals surface area contributed by atoms with Crippen LogP contribution in [0.3, 0.4) is 0 Å². The van der Waals surface area contributed by atoms with Crippen molar-refractivity contribution in [3.05, 3.63) is 45.4 Å². The molecule has 0 amide bonds. The van der Waals surface area contributed by atoms with E-state index in [-0.39, 0.29) is 6.61 Å². The molecule has 0 saturated carbocycles. The fourth-order valence-corrected chi connectivity index (χ4v) is 3.01. The van der Waals surface area contributed by atoms with E-state index in [4.69, 9.17) is 9.47 Å². The van der Waals surface area contributed by atoms with E-state index >= 15 is 0 Å². The number of hydrogen-bond donors (Lipinski definition) is 1. The Balaban J connectivity index is 1.94. The van der Waals surface area contributed by atoms with Gasteiger partial charge in [-0.05, 0) is 18.1 Å². The Morgan fingerprint density at radius 3 is 2.81 bits per heavy atom. The summed E-state index contributed by atoms with van der Waals surface area (Å²) in [5, 5.41) is 10.3. The third kappa shape index (κ3) is 4.27. The van der Waals surface area contributed by atoms with Gasteiger partial charge < -0.3 is 14.6 Å². The third-order valence-electron chi connectivity index (χ3n) is 3.17. The molecule has 1 N–H and O–H groups in total. The third-order valence-corrected chi connectivity index (χ3v) is 4.32. The first-order valence-electron chi connectivity index (χ1n) is 7.06. The van der Waals surface area contributed by atoms with Crippen LogP contribution in [0, 0.1) is 0 Å². The Hall–Kier alpha value is -1.43. The summed E-state index contributed by atoms with van der Waals surface area (Å²) >= 11 is 1.52. The molecule has 0 fully saturated rings. The van der Waals surface area contributed by atoms with Gasteiger partial charge in [-0.1, -0.05) is 25.1 Å². The summed E-state index contributed by atoms with van der Waals surface area (Å²) in [6, 6.07) is 8.09. The van der Waals surface area contributed by atoms with Crippen LogP contribution >= 0.6 is 11.3 Å². The SMILES string of the molecule is CCc1ccccc1OCCc1nc(COC)c(CO)s1. The number of aryl methyl sites for hydroxylation is 1. The van der Waals surface area contributed by atoms with E-state index in [2.05, 4.69) is 18.0 Å². The van der Waals surface area contributed by atoms with E-state index in [9.17, 15) is 5.11 Å². The highest BCUT2D eigenvalue weighted by Gasteiger charge is 2.10. The van der Waals surface area contributed by atoms with Crippen molar-refractivity contribution < 1.29 is 14.6 Å². The Bertz CT molecular complexity index is 568. The molecule has 5 heteroatoms. The second-order valence-electron chi connectivity index (χ2n) is 4.63. The highest BCUT2D eigenvalue weighted by Crippen LogP contribution is 2.22. The van der Waals surface area contributed by atoms with Crippen LogP contribution < -0.4 is 4.74 Å². The van der Waals surface area contributed by atoms with Crippen molar-refractivity contribution in [2.75, 3.05) is 13.7 Å². The molecule has 1 aromatic carbocycles. The molecule has 2 aromatic rings. The molecule has 21 heavy (non-hydrogen) atoms. The van der Waals surface area contributed by atoms with Crippen LogP contribution in [0.15, 0.2) is 24.3 Å². The van der Waals surface area contributed by atoms with Gasteiger partial charge in [0, 0.05) is 13.5 Å². The summed E-state index contributed by atoms with van der Waals surface area (Å²) in [6.45, 7) is 3.15. The fourth-order valence-electron chi connectivity index (χ4n) is 2.10. The molecule has 0 radical (unpaired) electrons. The molecule has 0 aliphatic carbocycles. The van der Waals surface area contributed by atoms with Crippen LogP contribution in [-0.4, -0.2) is 23.8 Å². The van der Waals surface area contributed by atoms with Crippen LogP contribution in [0.4, 0.5) is 0 Å². The molecule has 0 saturated heterocycles. The Kier molecular flexibility index (Phi) is 6.17. The Morgan fingerprint density at radius 1 is 1.29 bits per heavy atom. The minimum atomic E-state index is 0.00981. The lowest BCUT2D eigenvalue weighted by atomic mass is 10.1. The minimum Gasteiger partial charge on any atom is -0.493 e. The number of aliphatic hydroxyl groups excluding tert-OH is 1. The smallest absolute Gasteiger partial charge is 0.122 e. The van der Waals surface area contributed by atoms with E-state index in [1.807, 2.05) is 18.2 Å². The van der Waals surface area contributed by atoms with Crippen LogP contribution in [0.25, 0.3) is 0 Å². The molecule has 0 aliphatic heterocycles. The topological polar surface area (TPSA) is 51.6 Å². The zero-order valence-corrected chi connectivity index (χ0v) is 13.3. The van der Waals surface area contributed by atoms with Crippen molar-refractivity contribution in [3.8, 4) is 5.75 Å². The predicted molar refractivity (Wildman–Crippen MR) is 83.8 cm³/mol. The maximum Gasteiger partial charge on any atom is 0.122 e. The van der Waals surface area contributed by atoms with Crippen molar-refractivity contribution in [3.63, 3.8) is 0 Å². The summed E-state index contributed by atoms with van der Waals surface area (Å²) in [5.74, 6) is 0.941. The van der Waals surface area contributed by atoms with Crippen molar-refractivity contribution in [2.45, 2.75) is 33.0 Å². The number of hydrogen-bond acceptors (Lipinski definition) is 5. The monoisotopic (exact) mass is 307 g/mol. The number of aliphatic hydroxyl groups is 1. The number of nitrogens with zero attached hydrogens (tertiary/aromatic N) is 1. The summed E-state index contributed by atoms with van der Waals surface area (Å²) in [4.78, 5) is 5.37. The lowest BCUT2D eigenvalue weighted by Crippen LogP contribution is -2.03. The number of ether oxygens (including phenoxy) is 2. The molecule has 114 valence electrons. The van der Waals surface area contributed by atoms with E-state index in [1.165, 1.54) is 16.9 Å². The largest absolute Gasteiger partial charge is 0.493 e. The van der Waals surface area contributed by atoms with E-state index in [0.717, 1.165) is 34.2 Å². The van der Waals surface area contributed by atoms with Gasteiger partial charge in [-0.25, -0.2) is 4.98 Å². The van der Waals surface area contributed by atoms with Gasteiger partial charge in [-0.3, -0.25) is 0 Å². The highest BCUT2D eigenvalue weighted by atomic mass is 32.1. The first-order valence-corrected chi connectivity index (χ1v) is 7.88. The molecule has 1 heterocycles. The van der Waals surface area contributed by atoms with Crippen molar-refractivity contribution >= 4 is 11.3 Å². The fraction of sp³-hybridized carbons (Fsp3) is 0.438. The van der Waals surface area contributed by atoms with Gasteiger partial charge in [0.05, 0.1) is 35.4 Å². The van der Waals surface area contributed by atoms with Gasteiger partial charge in [-0.2, -0.15) is 0 Å². The molecule has 0 unspecified atom stereocenters. The first-order chi connectivity index (χ1) is 10.3. The number of thiazole rings is 1. The average molecular weight is 307 g/mol. The van der Waals surface area contributed by atoms with E-state index in [1.54, 1.807) is 7.11 Å². The Labute approximate surface area is 129 Å². The maximum atomic E-state index is 9.31. The van der Waals surface area contributed by atoms with Gasteiger partial charge in [0.1, 0.15) is 5.75 Å². The minimum absolute atomic E-state index is 0.00981. The lowest BCUT2D eigenvalue weighted by molar-refractivity contribution is 0.178. The summed E-state index contributed by atoms with van der Waals surface area (Å²) in [7, 11) is 1.63. The van der Waals surface area contributed by atoms with Crippen LogP contribution in [-0.2, 0) is 30.8 Å². The van der Waals surface area contributed by atoms with Gasteiger partial charge in [0.25, 0.3) is 0 Å².